The van der Waals surface area contributed by atoms with Gasteiger partial charge >= 0.3 is 0 Å². The Bertz CT molecular complexity index is 244. The standard InChI is InChI=1S/C13H23NO2/c1-11(15)14(2)13(16)10-6-9-12-7-4-3-5-8-12/h12H,3-10H2,1-2H3. The molecule has 0 aromatic rings. The summed E-state index contributed by atoms with van der Waals surface area (Å²) in [5.41, 5.74) is 0. The van der Waals surface area contributed by atoms with E-state index in [0.717, 1.165) is 18.8 Å². The van der Waals surface area contributed by atoms with Crippen molar-refractivity contribution in [2.75, 3.05) is 7.05 Å². The summed E-state index contributed by atoms with van der Waals surface area (Å²) in [7, 11) is 1.56. The van der Waals surface area contributed by atoms with E-state index in [4.69, 9.17) is 0 Å². The molecule has 3 nitrogen and oxygen atoms in total. The van der Waals surface area contributed by atoms with Crippen LogP contribution < -0.4 is 0 Å². The third-order valence-electron chi connectivity index (χ3n) is 3.57. The van der Waals surface area contributed by atoms with E-state index in [1.807, 2.05) is 0 Å². The van der Waals surface area contributed by atoms with Gasteiger partial charge in [-0.2, -0.15) is 0 Å². The number of hydrogen-bond donors (Lipinski definition) is 0. The molecule has 0 aliphatic heterocycles. The number of carbonyl (C=O) groups excluding carboxylic acids is 2. The van der Waals surface area contributed by atoms with Gasteiger partial charge < -0.3 is 0 Å². The van der Waals surface area contributed by atoms with Gasteiger partial charge in [-0.1, -0.05) is 32.1 Å². The molecule has 2 amide bonds. The Morgan fingerprint density at radius 1 is 1.19 bits per heavy atom. The van der Waals surface area contributed by atoms with E-state index in [2.05, 4.69) is 0 Å². The minimum atomic E-state index is -0.164. The molecule has 0 aromatic heterocycles. The van der Waals surface area contributed by atoms with Gasteiger partial charge in [0, 0.05) is 20.4 Å². The van der Waals surface area contributed by atoms with E-state index in [1.165, 1.54) is 43.9 Å². The Kier molecular flexibility index (Phi) is 5.50. The van der Waals surface area contributed by atoms with Crippen LogP contribution in [0.2, 0.25) is 0 Å². The van der Waals surface area contributed by atoms with Crippen molar-refractivity contribution in [2.24, 2.45) is 5.92 Å². The number of amides is 2. The molecule has 0 N–H and O–H groups in total. The Hall–Kier alpha value is -0.860. The highest BCUT2D eigenvalue weighted by molar-refractivity contribution is 5.93. The fraction of sp³-hybridized carbons (Fsp3) is 0.846. The van der Waals surface area contributed by atoms with E-state index in [-0.39, 0.29) is 11.8 Å². The summed E-state index contributed by atoms with van der Waals surface area (Å²) >= 11 is 0. The second-order valence-corrected chi connectivity index (χ2v) is 4.87. The predicted molar refractivity (Wildman–Crippen MR) is 63.9 cm³/mol. The summed E-state index contributed by atoms with van der Waals surface area (Å²) in [6.07, 6.45) is 9.35. The molecule has 0 saturated heterocycles. The van der Waals surface area contributed by atoms with Crippen molar-refractivity contribution in [3.05, 3.63) is 0 Å². The molecule has 1 aliphatic carbocycles. The Balaban J connectivity index is 2.14. The lowest BCUT2D eigenvalue weighted by atomic mass is 9.86. The molecule has 1 fully saturated rings. The topological polar surface area (TPSA) is 37.4 Å². The average molecular weight is 225 g/mol. The first-order chi connectivity index (χ1) is 7.61. The number of hydrogen-bond acceptors (Lipinski definition) is 2. The van der Waals surface area contributed by atoms with Gasteiger partial charge in [0.25, 0.3) is 0 Å². The molecular formula is C13H23NO2. The van der Waals surface area contributed by atoms with Gasteiger partial charge in [0.1, 0.15) is 0 Å². The summed E-state index contributed by atoms with van der Waals surface area (Å²) in [6.45, 7) is 1.43. The summed E-state index contributed by atoms with van der Waals surface area (Å²) in [4.78, 5) is 23.7. The van der Waals surface area contributed by atoms with Gasteiger partial charge in [-0.05, 0) is 18.8 Å². The molecule has 0 atom stereocenters. The summed E-state index contributed by atoms with van der Waals surface area (Å²) in [5.74, 6) is 0.621. The van der Waals surface area contributed by atoms with Crippen molar-refractivity contribution in [3.63, 3.8) is 0 Å². The summed E-state index contributed by atoms with van der Waals surface area (Å²) in [6, 6.07) is 0. The highest BCUT2D eigenvalue weighted by atomic mass is 16.2. The molecule has 0 spiro atoms. The monoisotopic (exact) mass is 225 g/mol. The van der Waals surface area contributed by atoms with Crippen molar-refractivity contribution >= 4 is 11.8 Å². The largest absolute Gasteiger partial charge is 0.286 e. The van der Waals surface area contributed by atoms with E-state index in [1.54, 1.807) is 7.05 Å². The maximum Gasteiger partial charge on any atom is 0.228 e. The first kappa shape index (κ1) is 13.2. The fourth-order valence-electron chi connectivity index (χ4n) is 2.36. The van der Waals surface area contributed by atoms with Crippen LogP contribution in [0.25, 0.3) is 0 Å². The van der Waals surface area contributed by atoms with Crippen molar-refractivity contribution in [2.45, 2.75) is 58.3 Å². The van der Waals surface area contributed by atoms with Crippen LogP contribution in [0.4, 0.5) is 0 Å². The first-order valence-corrected chi connectivity index (χ1v) is 6.38. The average Bonchev–Trinajstić information content (AvgIpc) is 2.29. The van der Waals surface area contributed by atoms with E-state index in [9.17, 15) is 9.59 Å². The van der Waals surface area contributed by atoms with Crippen LogP contribution in [0.1, 0.15) is 58.3 Å². The zero-order valence-electron chi connectivity index (χ0n) is 10.5. The maximum absolute atomic E-state index is 11.5. The molecule has 92 valence electrons. The van der Waals surface area contributed by atoms with Gasteiger partial charge in [-0.25, -0.2) is 0 Å². The second kappa shape index (κ2) is 6.66. The van der Waals surface area contributed by atoms with Crippen LogP contribution in [0.5, 0.6) is 0 Å². The normalized spacial score (nSPS) is 17.1. The molecule has 16 heavy (non-hydrogen) atoms. The highest BCUT2D eigenvalue weighted by Gasteiger charge is 2.15. The summed E-state index contributed by atoms with van der Waals surface area (Å²) < 4.78 is 0. The van der Waals surface area contributed by atoms with Crippen molar-refractivity contribution < 1.29 is 9.59 Å². The van der Waals surface area contributed by atoms with Crippen LogP contribution in [-0.4, -0.2) is 23.8 Å². The smallest absolute Gasteiger partial charge is 0.228 e. The molecule has 1 aliphatic rings. The minimum Gasteiger partial charge on any atom is -0.286 e. The predicted octanol–water partition coefficient (Wildman–Crippen LogP) is 2.74. The molecule has 0 unspecified atom stereocenters. The Morgan fingerprint density at radius 2 is 1.81 bits per heavy atom. The number of imide groups is 1. The van der Waals surface area contributed by atoms with E-state index >= 15 is 0 Å². The Labute approximate surface area is 98.2 Å². The zero-order valence-corrected chi connectivity index (χ0v) is 10.5. The van der Waals surface area contributed by atoms with E-state index in [0.29, 0.717) is 6.42 Å². The van der Waals surface area contributed by atoms with Gasteiger partial charge in [0.2, 0.25) is 11.8 Å². The lowest BCUT2D eigenvalue weighted by molar-refractivity contribution is -0.141. The summed E-state index contributed by atoms with van der Waals surface area (Å²) in [5, 5.41) is 0. The molecular weight excluding hydrogens is 202 g/mol. The van der Waals surface area contributed by atoms with Crippen molar-refractivity contribution in [1.29, 1.82) is 0 Å². The second-order valence-electron chi connectivity index (χ2n) is 4.87. The molecule has 0 radical (unpaired) electrons. The first-order valence-electron chi connectivity index (χ1n) is 6.38. The third-order valence-corrected chi connectivity index (χ3v) is 3.57. The van der Waals surface area contributed by atoms with Gasteiger partial charge in [-0.3, -0.25) is 14.5 Å². The van der Waals surface area contributed by atoms with Crippen LogP contribution in [0, 0.1) is 5.92 Å². The zero-order chi connectivity index (χ0) is 12.0. The number of rotatable bonds is 4. The maximum atomic E-state index is 11.5. The van der Waals surface area contributed by atoms with Crippen molar-refractivity contribution in [1.82, 2.24) is 4.90 Å². The lowest BCUT2D eigenvalue weighted by Crippen LogP contribution is -2.30. The molecule has 0 aromatic carbocycles. The van der Waals surface area contributed by atoms with Crippen molar-refractivity contribution in [3.8, 4) is 0 Å². The fourth-order valence-corrected chi connectivity index (χ4v) is 2.36. The van der Waals surface area contributed by atoms with Crippen LogP contribution in [0.15, 0.2) is 0 Å². The van der Waals surface area contributed by atoms with Gasteiger partial charge in [0.05, 0.1) is 0 Å². The van der Waals surface area contributed by atoms with Crippen LogP contribution in [-0.2, 0) is 9.59 Å². The molecule has 1 saturated carbocycles. The van der Waals surface area contributed by atoms with Crippen LogP contribution >= 0.6 is 0 Å². The van der Waals surface area contributed by atoms with Gasteiger partial charge in [-0.15, -0.1) is 0 Å². The lowest BCUT2D eigenvalue weighted by Gasteiger charge is -2.21. The van der Waals surface area contributed by atoms with Gasteiger partial charge in [0.15, 0.2) is 0 Å². The Morgan fingerprint density at radius 3 is 2.38 bits per heavy atom. The third kappa shape index (κ3) is 4.33. The molecule has 1 rings (SSSR count). The minimum absolute atomic E-state index is 0.0386. The van der Waals surface area contributed by atoms with Crippen LogP contribution in [0.3, 0.4) is 0 Å². The number of nitrogens with zero attached hydrogens (tertiary/aromatic N) is 1. The molecule has 0 heterocycles. The molecule has 3 heteroatoms. The highest BCUT2D eigenvalue weighted by Crippen LogP contribution is 2.27. The molecule has 0 bridgehead atoms. The SMILES string of the molecule is CC(=O)N(C)C(=O)CCCC1CCCCC1. The van der Waals surface area contributed by atoms with E-state index < -0.39 is 0 Å². The number of carbonyl (C=O) groups is 2. The quantitative estimate of drug-likeness (QED) is 0.737.